The van der Waals surface area contributed by atoms with Gasteiger partial charge in [-0.15, -0.1) is 0 Å². The van der Waals surface area contributed by atoms with Crippen molar-refractivity contribution in [3.8, 4) is 5.75 Å². The molecular formula is C27H26N4O4. The molecule has 3 amide bonds. The summed E-state index contributed by atoms with van der Waals surface area (Å²) in [6.07, 6.45) is 4.79. The lowest BCUT2D eigenvalue weighted by atomic mass is 10.1. The van der Waals surface area contributed by atoms with Gasteiger partial charge >= 0.3 is 0 Å². The van der Waals surface area contributed by atoms with Gasteiger partial charge in [-0.2, -0.15) is 5.10 Å². The van der Waals surface area contributed by atoms with Gasteiger partial charge in [0.15, 0.2) is 6.61 Å². The summed E-state index contributed by atoms with van der Waals surface area (Å²) < 4.78 is 5.61. The van der Waals surface area contributed by atoms with Crippen molar-refractivity contribution >= 4 is 40.4 Å². The zero-order valence-electron chi connectivity index (χ0n) is 19.3. The van der Waals surface area contributed by atoms with E-state index in [0.29, 0.717) is 11.3 Å². The van der Waals surface area contributed by atoms with Crippen molar-refractivity contribution in [2.75, 3.05) is 31.1 Å². The number of piperidine rings is 1. The number of carbonyl (C=O) groups is 3. The van der Waals surface area contributed by atoms with E-state index in [1.54, 1.807) is 30.3 Å². The maximum Gasteiger partial charge on any atom is 0.260 e. The zero-order valence-corrected chi connectivity index (χ0v) is 19.3. The molecule has 0 atom stereocenters. The molecule has 1 saturated heterocycles. The maximum atomic E-state index is 12.8. The van der Waals surface area contributed by atoms with E-state index in [0.717, 1.165) is 48.0 Å². The Morgan fingerprint density at radius 1 is 0.971 bits per heavy atom. The number of ether oxygens (including phenoxy) is 1. The second-order valence-corrected chi connectivity index (χ2v) is 8.66. The van der Waals surface area contributed by atoms with Crippen molar-refractivity contribution in [2.24, 2.45) is 5.10 Å². The smallest absolute Gasteiger partial charge is 0.260 e. The molecule has 0 unspecified atom stereocenters. The average molecular weight is 471 g/mol. The number of anilines is 1. The van der Waals surface area contributed by atoms with E-state index in [4.69, 9.17) is 4.74 Å². The van der Waals surface area contributed by atoms with Crippen molar-refractivity contribution in [3.63, 3.8) is 0 Å². The van der Waals surface area contributed by atoms with Gasteiger partial charge in [0.2, 0.25) is 0 Å². The van der Waals surface area contributed by atoms with Crippen LogP contribution in [-0.4, -0.2) is 55.1 Å². The van der Waals surface area contributed by atoms with Gasteiger partial charge in [-0.3, -0.25) is 19.3 Å². The highest BCUT2D eigenvalue weighted by Crippen LogP contribution is 2.36. The van der Waals surface area contributed by atoms with Gasteiger partial charge < -0.3 is 9.64 Å². The van der Waals surface area contributed by atoms with Gasteiger partial charge in [0.25, 0.3) is 17.7 Å². The second-order valence-electron chi connectivity index (χ2n) is 8.66. The van der Waals surface area contributed by atoms with Crippen LogP contribution >= 0.6 is 0 Å². The lowest BCUT2D eigenvalue weighted by Crippen LogP contribution is -2.38. The van der Waals surface area contributed by atoms with Gasteiger partial charge in [-0.25, -0.2) is 5.43 Å². The minimum absolute atomic E-state index is 0.00821. The molecule has 8 heteroatoms. The third kappa shape index (κ3) is 4.87. The number of rotatable bonds is 7. The first-order valence-electron chi connectivity index (χ1n) is 11.8. The van der Waals surface area contributed by atoms with Crippen molar-refractivity contribution in [1.29, 1.82) is 0 Å². The molecular weight excluding hydrogens is 444 g/mol. The fourth-order valence-corrected chi connectivity index (χ4v) is 4.52. The largest absolute Gasteiger partial charge is 0.484 e. The summed E-state index contributed by atoms with van der Waals surface area (Å²) in [5.74, 6) is 0.0209. The average Bonchev–Trinajstić information content (AvgIpc) is 3.16. The van der Waals surface area contributed by atoms with Crippen molar-refractivity contribution in [1.82, 2.24) is 10.3 Å². The normalized spacial score (nSPS) is 15.1. The summed E-state index contributed by atoms with van der Waals surface area (Å²) in [6, 6.07) is 18.3. The molecule has 0 saturated carbocycles. The molecule has 8 nitrogen and oxygen atoms in total. The zero-order chi connectivity index (χ0) is 24.2. The van der Waals surface area contributed by atoms with Crippen LogP contribution in [-0.2, 0) is 9.59 Å². The van der Waals surface area contributed by atoms with E-state index in [-0.39, 0.29) is 25.0 Å². The monoisotopic (exact) mass is 470 g/mol. The Morgan fingerprint density at radius 3 is 2.49 bits per heavy atom. The van der Waals surface area contributed by atoms with Crippen LogP contribution < -0.4 is 15.1 Å². The molecule has 0 spiro atoms. The maximum absolute atomic E-state index is 12.8. The lowest BCUT2D eigenvalue weighted by Gasteiger charge is -2.26. The molecule has 0 bridgehead atoms. The number of carbonyl (C=O) groups excluding carboxylic acids is 3. The lowest BCUT2D eigenvalue weighted by molar-refractivity contribution is -0.134. The molecule has 2 aliphatic heterocycles. The predicted molar refractivity (Wildman–Crippen MR) is 134 cm³/mol. The Bertz CT molecular complexity index is 1290. The summed E-state index contributed by atoms with van der Waals surface area (Å²) in [5.41, 5.74) is 4.58. The van der Waals surface area contributed by atoms with Crippen LogP contribution in [0.5, 0.6) is 5.75 Å². The Hall–Kier alpha value is -4.20. The number of benzene rings is 3. The molecule has 5 rings (SSSR count). The van der Waals surface area contributed by atoms with E-state index in [1.807, 2.05) is 35.2 Å². The van der Waals surface area contributed by atoms with Crippen molar-refractivity contribution in [2.45, 2.75) is 19.3 Å². The molecule has 1 fully saturated rings. The predicted octanol–water partition coefficient (Wildman–Crippen LogP) is 3.34. The third-order valence-corrected chi connectivity index (χ3v) is 6.30. The number of likely N-dealkylation sites (tertiary alicyclic amines) is 1. The third-order valence-electron chi connectivity index (χ3n) is 6.30. The Kier molecular flexibility index (Phi) is 6.43. The number of hydrogen-bond donors (Lipinski definition) is 1. The summed E-state index contributed by atoms with van der Waals surface area (Å²) in [7, 11) is 0. The van der Waals surface area contributed by atoms with Crippen LogP contribution in [0.1, 0.15) is 35.2 Å². The Labute approximate surface area is 203 Å². The molecule has 1 N–H and O–H groups in total. The van der Waals surface area contributed by atoms with Crippen LogP contribution in [0.15, 0.2) is 65.8 Å². The standard InChI is InChI=1S/C27H26N4O4/c32-24(17-31-23-9-5-7-20-6-4-8-22(26(20)23)27(31)34)29-28-16-19-10-12-21(13-11-19)35-18-25(33)30-14-2-1-3-15-30/h4-13,16H,1-3,14-15,17-18H2,(H,29,32)/b28-16+. The van der Waals surface area contributed by atoms with Crippen molar-refractivity contribution < 1.29 is 19.1 Å². The van der Waals surface area contributed by atoms with Crippen LogP contribution in [0.25, 0.3) is 10.8 Å². The summed E-state index contributed by atoms with van der Waals surface area (Å²) in [4.78, 5) is 40.8. The first-order valence-corrected chi connectivity index (χ1v) is 11.8. The van der Waals surface area contributed by atoms with Crippen LogP contribution in [0, 0.1) is 0 Å². The van der Waals surface area contributed by atoms with E-state index in [2.05, 4.69) is 10.5 Å². The van der Waals surface area contributed by atoms with Gasteiger partial charge in [-0.1, -0.05) is 24.3 Å². The minimum atomic E-state index is -0.393. The Balaban J connectivity index is 1.12. The highest BCUT2D eigenvalue weighted by atomic mass is 16.5. The van der Waals surface area contributed by atoms with E-state index < -0.39 is 5.91 Å². The van der Waals surface area contributed by atoms with Gasteiger partial charge in [-0.05, 0) is 66.6 Å². The fourth-order valence-electron chi connectivity index (χ4n) is 4.52. The summed E-state index contributed by atoms with van der Waals surface area (Å²) in [5, 5.41) is 5.85. The van der Waals surface area contributed by atoms with Gasteiger partial charge in [0.1, 0.15) is 12.3 Å². The molecule has 0 aromatic heterocycles. The molecule has 0 radical (unpaired) electrons. The summed E-state index contributed by atoms with van der Waals surface area (Å²) in [6.45, 7) is 1.51. The van der Waals surface area contributed by atoms with E-state index in [9.17, 15) is 14.4 Å². The first kappa shape index (κ1) is 22.6. The highest BCUT2D eigenvalue weighted by molar-refractivity contribution is 6.26. The van der Waals surface area contributed by atoms with E-state index >= 15 is 0 Å². The number of amides is 3. The van der Waals surface area contributed by atoms with Gasteiger partial charge in [0.05, 0.1) is 11.9 Å². The molecule has 35 heavy (non-hydrogen) atoms. The summed E-state index contributed by atoms with van der Waals surface area (Å²) >= 11 is 0. The fraction of sp³-hybridized carbons (Fsp3) is 0.259. The number of nitrogens with zero attached hydrogens (tertiary/aromatic N) is 3. The van der Waals surface area contributed by atoms with Crippen LogP contribution in [0.4, 0.5) is 5.69 Å². The van der Waals surface area contributed by atoms with Crippen LogP contribution in [0.3, 0.4) is 0 Å². The quantitative estimate of drug-likeness (QED) is 0.424. The molecule has 3 aromatic carbocycles. The van der Waals surface area contributed by atoms with Crippen molar-refractivity contribution in [3.05, 3.63) is 71.8 Å². The number of hydrazone groups is 1. The molecule has 2 aliphatic rings. The highest BCUT2D eigenvalue weighted by Gasteiger charge is 2.30. The first-order chi connectivity index (χ1) is 17.1. The number of hydrogen-bond acceptors (Lipinski definition) is 5. The molecule has 178 valence electrons. The molecule has 0 aliphatic carbocycles. The minimum Gasteiger partial charge on any atom is -0.484 e. The molecule has 3 aromatic rings. The van der Waals surface area contributed by atoms with Gasteiger partial charge in [0, 0.05) is 24.0 Å². The van der Waals surface area contributed by atoms with E-state index in [1.165, 1.54) is 17.5 Å². The number of nitrogens with one attached hydrogen (secondary N) is 1. The van der Waals surface area contributed by atoms with Crippen LogP contribution in [0.2, 0.25) is 0 Å². The SMILES string of the molecule is O=C(CN1C(=O)c2cccc3cccc1c23)N/N=C/c1ccc(OCC(=O)N2CCCCC2)cc1. The Morgan fingerprint density at radius 2 is 1.71 bits per heavy atom. The molecule has 2 heterocycles. The topological polar surface area (TPSA) is 91.3 Å². The second kappa shape index (κ2) is 9.97.